The predicted octanol–water partition coefficient (Wildman–Crippen LogP) is 2.28. The lowest BCUT2D eigenvalue weighted by Gasteiger charge is -2.09. The van der Waals surface area contributed by atoms with Crippen LogP contribution in [-0.2, 0) is 10.0 Å². The van der Waals surface area contributed by atoms with Crippen molar-refractivity contribution in [1.82, 2.24) is 9.97 Å². The van der Waals surface area contributed by atoms with E-state index in [1.165, 1.54) is 18.5 Å². The lowest BCUT2D eigenvalue weighted by Crippen LogP contribution is -2.13. The molecule has 0 saturated heterocycles. The first-order chi connectivity index (χ1) is 9.42. The van der Waals surface area contributed by atoms with Gasteiger partial charge in [-0.1, -0.05) is 11.6 Å². The first-order valence-electron chi connectivity index (χ1n) is 5.71. The van der Waals surface area contributed by atoms with Crippen molar-refractivity contribution >= 4 is 33.1 Å². The lowest BCUT2D eigenvalue weighted by molar-refractivity contribution is 0.601. The highest BCUT2D eigenvalue weighted by Gasteiger charge is 2.16. The van der Waals surface area contributed by atoms with Gasteiger partial charge in [0.2, 0.25) is 0 Å². The SMILES string of the molecule is CNc1ncc(S(=O)(=O)Nc2ccnc(C)c2)cc1Cl. The van der Waals surface area contributed by atoms with Crippen molar-refractivity contribution in [3.05, 3.63) is 41.3 Å². The lowest BCUT2D eigenvalue weighted by atomic mass is 10.3. The Balaban J connectivity index is 2.33. The van der Waals surface area contributed by atoms with Crippen LogP contribution in [0.3, 0.4) is 0 Å². The van der Waals surface area contributed by atoms with E-state index in [0.717, 1.165) is 0 Å². The molecule has 20 heavy (non-hydrogen) atoms. The zero-order valence-corrected chi connectivity index (χ0v) is 12.5. The Bertz CT molecular complexity index is 734. The second kappa shape index (κ2) is 5.64. The first kappa shape index (κ1) is 14.5. The molecule has 0 saturated carbocycles. The molecule has 2 heterocycles. The number of rotatable bonds is 4. The number of nitrogens with zero attached hydrogens (tertiary/aromatic N) is 2. The zero-order valence-electron chi connectivity index (χ0n) is 10.9. The van der Waals surface area contributed by atoms with Gasteiger partial charge in [0.05, 0.1) is 10.7 Å². The van der Waals surface area contributed by atoms with Gasteiger partial charge < -0.3 is 5.32 Å². The maximum absolute atomic E-state index is 12.2. The average Bonchev–Trinajstić information content (AvgIpc) is 2.38. The van der Waals surface area contributed by atoms with Gasteiger partial charge in [0.25, 0.3) is 10.0 Å². The number of hydrogen-bond donors (Lipinski definition) is 2. The van der Waals surface area contributed by atoms with Crippen LogP contribution in [0.2, 0.25) is 5.02 Å². The third-order valence-corrected chi connectivity index (χ3v) is 4.15. The summed E-state index contributed by atoms with van der Waals surface area (Å²) in [5, 5.41) is 3.00. The van der Waals surface area contributed by atoms with Crippen LogP contribution < -0.4 is 10.0 Å². The third kappa shape index (κ3) is 3.17. The highest BCUT2D eigenvalue weighted by atomic mass is 35.5. The summed E-state index contributed by atoms with van der Waals surface area (Å²) in [6, 6.07) is 4.55. The zero-order chi connectivity index (χ0) is 14.8. The molecule has 106 valence electrons. The monoisotopic (exact) mass is 312 g/mol. The molecule has 0 fully saturated rings. The van der Waals surface area contributed by atoms with E-state index < -0.39 is 10.0 Å². The summed E-state index contributed by atoms with van der Waals surface area (Å²) in [7, 11) is -2.08. The molecular weight excluding hydrogens is 300 g/mol. The molecule has 2 aromatic rings. The minimum absolute atomic E-state index is 0.00374. The number of aromatic nitrogens is 2. The quantitative estimate of drug-likeness (QED) is 0.905. The molecule has 0 aromatic carbocycles. The Hall–Kier alpha value is -1.86. The Labute approximate surface area is 122 Å². The Morgan fingerprint density at radius 1 is 1.25 bits per heavy atom. The molecule has 2 rings (SSSR count). The van der Waals surface area contributed by atoms with Gasteiger partial charge in [-0.25, -0.2) is 13.4 Å². The second-order valence-corrected chi connectivity index (χ2v) is 6.13. The van der Waals surface area contributed by atoms with Crippen LogP contribution in [0.4, 0.5) is 11.5 Å². The summed E-state index contributed by atoms with van der Waals surface area (Å²) in [5.74, 6) is 0.422. The number of pyridine rings is 2. The Morgan fingerprint density at radius 3 is 2.60 bits per heavy atom. The minimum Gasteiger partial charge on any atom is -0.372 e. The van der Waals surface area contributed by atoms with Gasteiger partial charge in [0.1, 0.15) is 10.7 Å². The van der Waals surface area contributed by atoms with E-state index in [1.807, 2.05) is 0 Å². The first-order valence-corrected chi connectivity index (χ1v) is 7.57. The molecule has 8 heteroatoms. The Morgan fingerprint density at radius 2 is 2.00 bits per heavy atom. The van der Waals surface area contributed by atoms with Crippen LogP contribution in [0.1, 0.15) is 5.69 Å². The molecule has 0 unspecified atom stereocenters. The van der Waals surface area contributed by atoms with Gasteiger partial charge in [-0.3, -0.25) is 9.71 Å². The van der Waals surface area contributed by atoms with E-state index >= 15 is 0 Å². The van der Waals surface area contributed by atoms with Gasteiger partial charge in [0.15, 0.2) is 0 Å². The van der Waals surface area contributed by atoms with Crippen molar-refractivity contribution in [3.63, 3.8) is 0 Å². The largest absolute Gasteiger partial charge is 0.372 e. The van der Waals surface area contributed by atoms with E-state index in [1.54, 1.807) is 26.1 Å². The van der Waals surface area contributed by atoms with Crippen LogP contribution in [-0.4, -0.2) is 25.4 Å². The predicted molar refractivity (Wildman–Crippen MR) is 78.6 cm³/mol. The van der Waals surface area contributed by atoms with Gasteiger partial charge in [-0.2, -0.15) is 0 Å². The average molecular weight is 313 g/mol. The number of nitrogens with one attached hydrogen (secondary N) is 2. The van der Waals surface area contributed by atoms with Crippen molar-refractivity contribution in [1.29, 1.82) is 0 Å². The van der Waals surface area contributed by atoms with Gasteiger partial charge in [-0.05, 0) is 25.1 Å². The maximum Gasteiger partial charge on any atom is 0.263 e. The van der Waals surface area contributed by atoms with Crippen LogP contribution in [0.5, 0.6) is 0 Å². The van der Waals surface area contributed by atoms with Crippen molar-refractivity contribution in [3.8, 4) is 0 Å². The van der Waals surface area contributed by atoms with Crippen LogP contribution >= 0.6 is 11.6 Å². The standard InChI is InChI=1S/C12H13ClN4O2S/c1-8-5-9(3-4-15-8)17-20(18,19)10-6-11(13)12(14-2)16-7-10/h3-7H,1-2H3,(H,14,16)(H,15,17). The molecule has 0 amide bonds. The molecular formula is C12H13ClN4O2S. The summed E-state index contributed by atoms with van der Waals surface area (Å²) >= 11 is 5.94. The molecule has 6 nitrogen and oxygen atoms in total. The van der Waals surface area contributed by atoms with Crippen LogP contribution in [0, 0.1) is 6.92 Å². The molecule has 0 aliphatic heterocycles. The number of anilines is 2. The fourth-order valence-electron chi connectivity index (χ4n) is 1.57. The normalized spacial score (nSPS) is 11.2. The minimum atomic E-state index is -3.73. The van der Waals surface area contributed by atoms with E-state index in [-0.39, 0.29) is 9.92 Å². The molecule has 0 aliphatic rings. The van der Waals surface area contributed by atoms with Gasteiger partial charge >= 0.3 is 0 Å². The number of halogens is 1. The Kier molecular flexibility index (Phi) is 4.10. The molecule has 0 atom stereocenters. The topological polar surface area (TPSA) is 84.0 Å². The summed E-state index contributed by atoms with van der Waals surface area (Å²) in [6.45, 7) is 1.78. The number of hydrogen-bond acceptors (Lipinski definition) is 5. The van der Waals surface area contributed by atoms with E-state index in [2.05, 4.69) is 20.0 Å². The molecule has 0 bridgehead atoms. The fraction of sp³-hybridized carbons (Fsp3) is 0.167. The summed E-state index contributed by atoms with van der Waals surface area (Å²) in [5.41, 5.74) is 1.15. The van der Waals surface area contributed by atoms with Crippen LogP contribution in [0.25, 0.3) is 0 Å². The van der Waals surface area contributed by atoms with Crippen molar-refractivity contribution < 1.29 is 8.42 Å². The molecule has 0 radical (unpaired) electrons. The fourth-order valence-corrected chi connectivity index (χ4v) is 2.92. The molecule has 0 aliphatic carbocycles. The highest BCUT2D eigenvalue weighted by Crippen LogP contribution is 2.23. The van der Waals surface area contributed by atoms with E-state index in [9.17, 15) is 8.42 Å². The second-order valence-electron chi connectivity index (χ2n) is 4.04. The van der Waals surface area contributed by atoms with Crippen LogP contribution in [0.15, 0.2) is 35.5 Å². The number of sulfonamides is 1. The maximum atomic E-state index is 12.2. The van der Waals surface area contributed by atoms with E-state index in [0.29, 0.717) is 17.2 Å². The summed E-state index contributed by atoms with van der Waals surface area (Å²) in [4.78, 5) is 7.95. The third-order valence-electron chi connectivity index (χ3n) is 2.51. The summed E-state index contributed by atoms with van der Waals surface area (Å²) in [6.07, 6.45) is 2.77. The van der Waals surface area contributed by atoms with Crippen molar-refractivity contribution in [2.75, 3.05) is 17.1 Å². The van der Waals surface area contributed by atoms with Crippen molar-refractivity contribution in [2.24, 2.45) is 0 Å². The van der Waals surface area contributed by atoms with Gasteiger partial charge in [0, 0.05) is 25.1 Å². The number of aryl methyl sites for hydroxylation is 1. The molecule has 0 spiro atoms. The van der Waals surface area contributed by atoms with Gasteiger partial charge in [-0.15, -0.1) is 0 Å². The van der Waals surface area contributed by atoms with Crippen molar-refractivity contribution in [2.45, 2.75) is 11.8 Å². The molecule has 2 N–H and O–H groups in total. The highest BCUT2D eigenvalue weighted by molar-refractivity contribution is 7.92. The smallest absolute Gasteiger partial charge is 0.263 e. The summed E-state index contributed by atoms with van der Waals surface area (Å²) < 4.78 is 26.9. The molecule has 2 aromatic heterocycles. The van der Waals surface area contributed by atoms with E-state index in [4.69, 9.17) is 11.6 Å².